The second-order valence-electron chi connectivity index (χ2n) is 4.55. The number of ether oxygens (including phenoxy) is 3. The van der Waals surface area contributed by atoms with E-state index >= 15 is 0 Å². The smallest absolute Gasteiger partial charge is 0.339 e. The van der Waals surface area contributed by atoms with Gasteiger partial charge in [0.2, 0.25) is 0 Å². The van der Waals surface area contributed by atoms with Gasteiger partial charge in [-0.15, -0.1) is 0 Å². The number of hydrogen-bond donors (Lipinski definition) is 2. The minimum absolute atomic E-state index is 0.0206. The summed E-state index contributed by atoms with van der Waals surface area (Å²) in [4.78, 5) is 43.9. The molecule has 0 bridgehead atoms. The van der Waals surface area contributed by atoms with E-state index < -0.39 is 42.3 Å². The summed E-state index contributed by atoms with van der Waals surface area (Å²) in [7, 11) is 0. The van der Waals surface area contributed by atoms with Crippen LogP contribution in [-0.4, -0.2) is 59.5 Å². The van der Waals surface area contributed by atoms with Crippen molar-refractivity contribution in [1.29, 1.82) is 0 Å². The Balaban J connectivity index is 0. The van der Waals surface area contributed by atoms with Crippen LogP contribution < -0.4 is 0 Å². The monoisotopic (exact) mass is 362 g/mol. The normalized spacial score (nSPS) is 10.4. The summed E-state index contributed by atoms with van der Waals surface area (Å²) >= 11 is 0. The lowest BCUT2D eigenvalue weighted by atomic mass is 9.95. The zero-order valence-electron chi connectivity index (χ0n) is 14.9. The van der Waals surface area contributed by atoms with Gasteiger partial charge in [0.25, 0.3) is 0 Å². The largest absolute Gasteiger partial charge is 0.478 e. The third-order valence-corrected chi connectivity index (χ3v) is 2.45. The van der Waals surface area contributed by atoms with Gasteiger partial charge < -0.3 is 24.4 Å². The molecule has 144 valence electrons. The first kappa shape index (κ1) is 24.8. The van der Waals surface area contributed by atoms with Crippen LogP contribution in [0.5, 0.6) is 0 Å². The fourth-order valence-corrected chi connectivity index (χ4v) is 1.52. The van der Waals surface area contributed by atoms with E-state index in [1.807, 2.05) is 0 Å². The molecule has 0 heterocycles. The highest BCUT2D eigenvalue weighted by atomic mass is 16.6. The first-order chi connectivity index (χ1) is 11.7. The van der Waals surface area contributed by atoms with Crippen molar-refractivity contribution in [1.82, 2.24) is 0 Å². The molecule has 0 aliphatic heterocycles. The maximum Gasteiger partial charge on any atom is 0.339 e. The number of hydrogen-bond acceptors (Lipinski definition) is 8. The summed E-state index contributed by atoms with van der Waals surface area (Å²) in [5.41, 5.74) is -2.26. The number of carboxylic acid groups (broad SMARTS) is 1. The Hall–Kier alpha value is -2.42. The highest BCUT2D eigenvalue weighted by Gasteiger charge is 2.43. The van der Waals surface area contributed by atoms with E-state index in [0.717, 1.165) is 6.08 Å². The summed E-state index contributed by atoms with van der Waals surface area (Å²) in [5, 5.41) is 18.0. The van der Waals surface area contributed by atoms with Gasteiger partial charge in [-0.3, -0.25) is 9.59 Å². The molecule has 0 spiro atoms. The lowest BCUT2D eigenvalue weighted by Crippen LogP contribution is -2.44. The number of carboxylic acids is 1. The van der Waals surface area contributed by atoms with E-state index in [2.05, 4.69) is 14.2 Å². The molecular formula is C16H26O9. The van der Waals surface area contributed by atoms with Crippen molar-refractivity contribution >= 4 is 23.9 Å². The van der Waals surface area contributed by atoms with Crippen LogP contribution in [0.25, 0.3) is 0 Å². The van der Waals surface area contributed by atoms with Crippen LogP contribution in [0.2, 0.25) is 0 Å². The molecule has 0 amide bonds. The van der Waals surface area contributed by atoms with E-state index in [9.17, 15) is 24.3 Å². The topological polar surface area (TPSA) is 136 Å². The van der Waals surface area contributed by atoms with Gasteiger partial charge in [-0.2, -0.15) is 0 Å². The molecule has 0 rings (SSSR count). The van der Waals surface area contributed by atoms with Crippen molar-refractivity contribution in [3.63, 3.8) is 0 Å². The van der Waals surface area contributed by atoms with E-state index in [1.165, 1.54) is 6.08 Å². The third kappa shape index (κ3) is 12.6. The van der Waals surface area contributed by atoms with Crippen molar-refractivity contribution < 1.29 is 43.6 Å². The van der Waals surface area contributed by atoms with Gasteiger partial charge in [-0.05, 0) is 27.7 Å². The molecule has 0 saturated carbocycles. The van der Waals surface area contributed by atoms with Crippen molar-refractivity contribution in [3.8, 4) is 0 Å². The molecule has 0 fully saturated rings. The molecule has 0 aromatic carbocycles. The fourth-order valence-electron chi connectivity index (χ4n) is 1.52. The number of aliphatic carboxylic acids is 1. The average molecular weight is 362 g/mol. The first-order valence-corrected chi connectivity index (χ1v) is 7.73. The van der Waals surface area contributed by atoms with E-state index in [0.29, 0.717) is 0 Å². The van der Waals surface area contributed by atoms with Gasteiger partial charge in [0, 0.05) is 6.08 Å². The van der Waals surface area contributed by atoms with Gasteiger partial charge in [0.15, 0.2) is 5.60 Å². The molecule has 0 saturated heterocycles. The van der Waals surface area contributed by atoms with Crippen LogP contribution in [-0.2, 0) is 33.4 Å². The van der Waals surface area contributed by atoms with Crippen molar-refractivity contribution in [2.75, 3.05) is 19.8 Å². The van der Waals surface area contributed by atoms with Crippen LogP contribution in [0.4, 0.5) is 0 Å². The zero-order chi connectivity index (χ0) is 19.9. The number of carbonyl (C=O) groups excluding carboxylic acids is 3. The van der Waals surface area contributed by atoms with E-state index in [1.54, 1.807) is 27.7 Å². The minimum atomic E-state index is -2.26. The quantitative estimate of drug-likeness (QED) is 0.347. The number of rotatable bonds is 9. The summed E-state index contributed by atoms with van der Waals surface area (Å²) in [5.74, 6) is -3.52. The standard InChI is InChI=1S/C12H20O7.C4H6O2/c1-4-17-9(13)7-12(16,11(15)19-6-3)8-10(14)18-5-2;1-2-3-4(5)6/h16H,4-8H2,1-3H3;2-3H,1H3,(H,5,6). The molecule has 0 radical (unpaired) electrons. The maximum absolute atomic E-state index is 11.7. The summed E-state index contributed by atoms with van der Waals surface area (Å²) < 4.78 is 14.0. The minimum Gasteiger partial charge on any atom is -0.478 e. The summed E-state index contributed by atoms with van der Waals surface area (Å²) in [6.45, 7) is 6.63. The number of esters is 3. The summed E-state index contributed by atoms with van der Waals surface area (Å²) in [6.07, 6.45) is 1.25. The van der Waals surface area contributed by atoms with Gasteiger partial charge in [0.05, 0.1) is 32.7 Å². The Morgan fingerprint density at radius 2 is 1.28 bits per heavy atom. The Labute approximate surface area is 146 Å². The lowest BCUT2D eigenvalue weighted by Gasteiger charge is -2.23. The first-order valence-electron chi connectivity index (χ1n) is 7.73. The third-order valence-electron chi connectivity index (χ3n) is 2.45. The second kappa shape index (κ2) is 14.0. The van der Waals surface area contributed by atoms with Crippen LogP contribution in [0.1, 0.15) is 40.5 Å². The van der Waals surface area contributed by atoms with E-state index in [4.69, 9.17) is 5.11 Å². The average Bonchev–Trinajstić information content (AvgIpc) is 2.48. The van der Waals surface area contributed by atoms with Gasteiger partial charge >= 0.3 is 23.9 Å². The highest BCUT2D eigenvalue weighted by Crippen LogP contribution is 2.19. The molecule has 0 aliphatic carbocycles. The number of allylic oxidation sites excluding steroid dienone is 1. The Morgan fingerprint density at radius 3 is 1.52 bits per heavy atom. The Bertz CT molecular complexity index is 448. The predicted molar refractivity (Wildman–Crippen MR) is 86.5 cm³/mol. The van der Waals surface area contributed by atoms with Gasteiger partial charge in [0.1, 0.15) is 0 Å². The summed E-state index contributed by atoms with van der Waals surface area (Å²) in [6, 6.07) is 0. The molecule has 9 heteroatoms. The Morgan fingerprint density at radius 1 is 0.880 bits per heavy atom. The van der Waals surface area contributed by atoms with Crippen LogP contribution in [0.15, 0.2) is 12.2 Å². The van der Waals surface area contributed by atoms with E-state index in [-0.39, 0.29) is 19.8 Å². The van der Waals surface area contributed by atoms with Crippen molar-refractivity contribution in [3.05, 3.63) is 12.2 Å². The number of carbonyl (C=O) groups is 4. The fraction of sp³-hybridized carbons (Fsp3) is 0.625. The van der Waals surface area contributed by atoms with Gasteiger partial charge in [-0.25, -0.2) is 9.59 Å². The van der Waals surface area contributed by atoms with Crippen LogP contribution in [0, 0.1) is 0 Å². The molecule has 0 aliphatic rings. The molecule has 25 heavy (non-hydrogen) atoms. The van der Waals surface area contributed by atoms with Crippen molar-refractivity contribution in [2.24, 2.45) is 0 Å². The second-order valence-corrected chi connectivity index (χ2v) is 4.55. The molecule has 0 unspecified atom stereocenters. The zero-order valence-corrected chi connectivity index (χ0v) is 14.9. The van der Waals surface area contributed by atoms with Crippen LogP contribution >= 0.6 is 0 Å². The van der Waals surface area contributed by atoms with Crippen molar-refractivity contribution in [2.45, 2.75) is 46.1 Å². The molecule has 0 atom stereocenters. The predicted octanol–water partition coefficient (Wildman–Crippen LogP) is 0.834. The molecule has 0 aromatic rings. The highest BCUT2D eigenvalue weighted by molar-refractivity contribution is 5.90. The SMILES string of the molecule is CC=CC(=O)O.CCOC(=O)CC(O)(CC(=O)OCC)C(=O)OCC. The lowest BCUT2D eigenvalue weighted by molar-refractivity contribution is -0.177. The maximum atomic E-state index is 11.7. The molecule has 2 N–H and O–H groups in total. The Kier molecular flexibility index (Phi) is 13.9. The van der Waals surface area contributed by atoms with Crippen LogP contribution in [0.3, 0.4) is 0 Å². The molecule has 0 aromatic heterocycles. The van der Waals surface area contributed by atoms with Gasteiger partial charge in [-0.1, -0.05) is 6.08 Å². The number of aliphatic hydroxyl groups is 1. The molecular weight excluding hydrogens is 336 g/mol. The molecule has 9 nitrogen and oxygen atoms in total.